The number of nitrogens with one attached hydrogen (secondary N) is 2. The van der Waals surface area contributed by atoms with Crippen LogP contribution in [0.25, 0.3) is 0 Å². The molecule has 110 valence electrons. The molecule has 0 aliphatic rings. The highest BCUT2D eigenvalue weighted by Gasteiger charge is 2.04. The fraction of sp³-hybridized carbons (Fsp3) is 0.500. The topological polar surface area (TPSA) is 92.4 Å². The van der Waals surface area contributed by atoms with Crippen molar-refractivity contribution in [2.24, 2.45) is 16.6 Å². The molecular weight excluding hydrogens is 254 g/mol. The second-order valence-electron chi connectivity index (χ2n) is 5.02. The summed E-state index contributed by atoms with van der Waals surface area (Å²) in [6, 6.07) is 3.32. The summed E-state index contributed by atoms with van der Waals surface area (Å²) in [6.07, 6.45) is 2.53. The number of aromatic nitrogens is 1. The largest absolute Gasteiger partial charge is 0.356 e. The van der Waals surface area contributed by atoms with Crippen molar-refractivity contribution in [2.75, 3.05) is 13.1 Å². The second-order valence-corrected chi connectivity index (χ2v) is 5.02. The van der Waals surface area contributed by atoms with Gasteiger partial charge in [0, 0.05) is 31.4 Å². The van der Waals surface area contributed by atoms with Crippen molar-refractivity contribution in [1.29, 1.82) is 0 Å². The maximum atomic E-state index is 10.9. The highest BCUT2D eigenvalue weighted by molar-refractivity contribution is 5.95. The van der Waals surface area contributed by atoms with Crippen LogP contribution in [0.5, 0.6) is 0 Å². The van der Waals surface area contributed by atoms with Crippen LogP contribution in [0.1, 0.15) is 25.1 Å². The first-order valence-corrected chi connectivity index (χ1v) is 6.74. The Labute approximate surface area is 119 Å². The summed E-state index contributed by atoms with van der Waals surface area (Å²) in [5.41, 5.74) is 7.30. The zero-order valence-corrected chi connectivity index (χ0v) is 12.3. The third kappa shape index (κ3) is 6.17. The van der Waals surface area contributed by atoms with Gasteiger partial charge in [-0.05, 0) is 24.5 Å². The van der Waals surface area contributed by atoms with Crippen LogP contribution in [0, 0.1) is 12.8 Å². The number of urea groups is 1. The van der Waals surface area contributed by atoms with Crippen LogP contribution in [-0.4, -0.2) is 30.1 Å². The number of carbonyl (C=O) groups is 1. The molecule has 0 saturated carbocycles. The average molecular weight is 277 g/mol. The summed E-state index contributed by atoms with van der Waals surface area (Å²) in [5, 5.41) is 5.57. The third-order valence-electron chi connectivity index (χ3n) is 2.63. The smallest absolute Gasteiger partial charge is 0.318 e. The predicted molar refractivity (Wildman–Crippen MR) is 80.5 cm³/mol. The molecule has 0 atom stereocenters. The van der Waals surface area contributed by atoms with Gasteiger partial charge in [0.05, 0.1) is 0 Å². The average Bonchev–Trinajstić information content (AvgIpc) is 2.37. The number of nitrogens with two attached hydrogens (primary N) is 1. The van der Waals surface area contributed by atoms with Gasteiger partial charge in [0.25, 0.3) is 0 Å². The Morgan fingerprint density at radius 2 is 2.25 bits per heavy atom. The lowest BCUT2D eigenvalue weighted by molar-refractivity contribution is 0.253. The minimum atomic E-state index is -0.617. The Morgan fingerprint density at radius 1 is 1.50 bits per heavy atom. The van der Waals surface area contributed by atoms with E-state index in [1.807, 2.05) is 19.1 Å². The SMILES string of the molecule is Cc1cccnc1CCNC(=NCC(C)C)NC(N)=O. The number of hydrogen-bond donors (Lipinski definition) is 3. The number of rotatable bonds is 5. The number of guanidine groups is 1. The van der Waals surface area contributed by atoms with E-state index in [0.29, 0.717) is 25.0 Å². The van der Waals surface area contributed by atoms with Crippen LogP contribution in [0.4, 0.5) is 4.79 Å². The van der Waals surface area contributed by atoms with Crippen LogP contribution in [-0.2, 0) is 6.42 Å². The van der Waals surface area contributed by atoms with Crippen LogP contribution in [0.15, 0.2) is 23.3 Å². The molecule has 1 aromatic heterocycles. The van der Waals surface area contributed by atoms with Gasteiger partial charge < -0.3 is 11.1 Å². The van der Waals surface area contributed by atoms with Gasteiger partial charge in [-0.2, -0.15) is 0 Å². The number of nitrogens with zero attached hydrogens (tertiary/aromatic N) is 2. The molecule has 0 saturated heterocycles. The summed E-state index contributed by atoms with van der Waals surface area (Å²) in [6.45, 7) is 7.41. The van der Waals surface area contributed by atoms with Gasteiger partial charge in [-0.15, -0.1) is 0 Å². The molecule has 6 nitrogen and oxygen atoms in total. The van der Waals surface area contributed by atoms with Crippen LogP contribution < -0.4 is 16.4 Å². The number of primary amides is 1. The molecule has 0 bridgehead atoms. The van der Waals surface area contributed by atoms with E-state index in [-0.39, 0.29) is 0 Å². The summed E-state index contributed by atoms with van der Waals surface area (Å²) in [7, 11) is 0. The van der Waals surface area contributed by atoms with Crippen LogP contribution >= 0.6 is 0 Å². The van der Waals surface area contributed by atoms with Crippen molar-refractivity contribution in [1.82, 2.24) is 15.6 Å². The normalized spacial score (nSPS) is 11.5. The van der Waals surface area contributed by atoms with Crippen LogP contribution in [0.3, 0.4) is 0 Å². The van der Waals surface area contributed by atoms with E-state index in [2.05, 4.69) is 34.5 Å². The van der Waals surface area contributed by atoms with Crippen molar-refractivity contribution in [3.63, 3.8) is 0 Å². The van der Waals surface area contributed by atoms with E-state index in [0.717, 1.165) is 17.7 Å². The molecule has 1 heterocycles. The molecule has 20 heavy (non-hydrogen) atoms. The first-order valence-electron chi connectivity index (χ1n) is 6.74. The highest BCUT2D eigenvalue weighted by atomic mass is 16.2. The Hall–Kier alpha value is -2.11. The van der Waals surface area contributed by atoms with Crippen molar-refractivity contribution in [2.45, 2.75) is 27.2 Å². The molecule has 2 amide bonds. The maximum absolute atomic E-state index is 10.9. The number of hydrogen-bond acceptors (Lipinski definition) is 3. The van der Waals surface area contributed by atoms with Gasteiger partial charge in [-0.3, -0.25) is 15.3 Å². The zero-order valence-electron chi connectivity index (χ0n) is 12.3. The summed E-state index contributed by atoms with van der Waals surface area (Å²) in [5.74, 6) is 0.833. The predicted octanol–water partition coefficient (Wildman–Crippen LogP) is 1.20. The molecule has 1 aromatic rings. The molecule has 6 heteroatoms. The fourth-order valence-corrected chi connectivity index (χ4v) is 1.61. The highest BCUT2D eigenvalue weighted by Crippen LogP contribution is 2.02. The number of pyridine rings is 1. The van der Waals surface area contributed by atoms with Crippen molar-refractivity contribution in [3.8, 4) is 0 Å². The number of carbonyl (C=O) groups excluding carboxylic acids is 1. The molecule has 0 spiro atoms. The summed E-state index contributed by atoms with van der Waals surface area (Å²) in [4.78, 5) is 19.5. The Morgan fingerprint density at radius 3 is 2.85 bits per heavy atom. The van der Waals surface area contributed by atoms with Crippen molar-refractivity contribution < 1.29 is 4.79 Å². The van der Waals surface area contributed by atoms with Gasteiger partial charge in [0.2, 0.25) is 0 Å². The Kier molecular flexibility index (Phi) is 6.49. The first-order chi connectivity index (χ1) is 9.49. The van der Waals surface area contributed by atoms with E-state index in [4.69, 9.17) is 5.73 Å². The van der Waals surface area contributed by atoms with Gasteiger partial charge in [0.1, 0.15) is 0 Å². The second kappa shape index (κ2) is 8.14. The molecule has 0 fully saturated rings. The van der Waals surface area contributed by atoms with Crippen molar-refractivity contribution >= 4 is 12.0 Å². The standard InChI is InChI=1S/C14H23N5O/c1-10(2)9-18-14(19-13(15)20)17-8-6-12-11(3)5-4-7-16-12/h4-5,7,10H,6,8-9H2,1-3H3,(H4,15,17,18,19,20). The molecule has 0 aromatic carbocycles. The fourth-order valence-electron chi connectivity index (χ4n) is 1.61. The Balaban J connectivity index is 2.52. The minimum Gasteiger partial charge on any atom is -0.356 e. The van der Waals surface area contributed by atoms with Gasteiger partial charge in [0.15, 0.2) is 5.96 Å². The third-order valence-corrected chi connectivity index (χ3v) is 2.63. The quantitative estimate of drug-likeness (QED) is 0.558. The minimum absolute atomic E-state index is 0.416. The summed E-state index contributed by atoms with van der Waals surface area (Å²) < 4.78 is 0. The molecule has 4 N–H and O–H groups in total. The van der Waals surface area contributed by atoms with E-state index < -0.39 is 6.03 Å². The molecule has 1 rings (SSSR count). The monoisotopic (exact) mass is 277 g/mol. The van der Waals surface area contributed by atoms with E-state index in [1.165, 1.54) is 0 Å². The lowest BCUT2D eigenvalue weighted by Crippen LogP contribution is -2.44. The number of amides is 2. The van der Waals surface area contributed by atoms with E-state index >= 15 is 0 Å². The molecule has 0 aliphatic carbocycles. The number of aliphatic imine (C=N–C) groups is 1. The summed E-state index contributed by atoms with van der Waals surface area (Å²) >= 11 is 0. The molecule has 0 radical (unpaired) electrons. The Bertz CT molecular complexity index is 470. The first kappa shape index (κ1) is 15.9. The maximum Gasteiger partial charge on any atom is 0.318 e. The van der Waals surface area contributed by atoms with Crippen LogP contribution in [0.2, 0.25) is 0 Å². The lowest BCUT2D eigenvalue weighted by Gasteiger charge is -2.11. The molecular formula is C14H23N5O. The molecule has 0 unspecified atom stereocenters. The van der Waals surface area contributed by atoms with E-state index in [9.17, 15) is 4.79 Å². The van der Waals surface area contributed by atoms with Crippen molar-refractivity contribution in [3.05, 3.63) is 29.6 Å². The number of aryl methyl sites for hydroxylation is 1. The van der Waals surface area contributed by atoms with Gasteiger partial charge in [-0.25, -0.2) is 4.79 Å². The van der Waals surface area contributed by atoms with E-state index in [1.54, 1.807) is 6.20 Å². The lowest BCUT2D eigenvalue weighted by atomic mass is 10.2. The zero-order chi connectivity index (χ0) is 15.0. The van der Waals surface area contributed by atoms with Gasteiger partial charge in [-0.1, -0.05) is 19.9 Å². The van der Waals surface area contributed by atoms with Gasteiger partial charge >= 0.3 is 6.03 Å². The molecule has 0 aliphatic heterocycles.